The van der Waals surface area contributed by atoms with Crippen LogP contribution < -0.4 is 10.6 Å². The first-order valence-electron chi connectivity index (χ1n) is 8.71. The number of hydrogen-bond donors (Lipinski definition) is 3. The topological polar surface area (TPSA) is 74.0 Å². The number of carbonyl (C=O) groups excluding carboxylic acids is 2. The van der Waals surface area contributed by atoms with Crippen molar-refractivity contribution in [2.24, 2.45) is 5.92 Å². The van der Waals surface area contributed by atoms with E-state index in [1.807, 2.05) is 69.3 Å². The van der Waals surface area contributed by atoms with Gasteiger partial charge < -0.3 is 15.6 Å². The minimum Gasteiger partial charge on any atom is -0.358 e. The smallest absolute Gasteiger partial charge is 0.253 e. The van der Waals surface area contributed by atoms with Crippen LogP contribution >= 0.6 is 0 Å². The standard InChI is InChI=1S/C21H23N3O2/c1-13(2)20(25)24-16-10-8-15(9-11-16)12-22-21(26)19-14(3)23-18-7-5-4-6-17(18)19/h4-11,13,23H,12H2,1-3H3,(H,22,26)(H,24,25). The maximum Gasteiger partial charge on any atom is 0.253 e. The second kappa shape index (κ2) is 7.44. The SMILES string of the molecule is Cc1[nH]c2ccccc2c1C(=O)NCc1ccc(NC(=O)C(C)C)cc1. The van der Waals surface area contributed by atoms with Gasteiger partial charge in [0, 0.05) is 34.7 Å². The highest BCUT2D eigenvalue weighted by Gasteiger charge is 2.15. The molecule has 0 saturated carbocycles. The lowest BCUT2D eigenvalue weighted by Crippen LogP contribution is -2.23. The van der Waals surface area contributed by atoms with E-state index in [4.69, 9.17) is 0 Å². The van der Waals surface area contributed by atoms with E-state index in [0.717, 1.165) is 27.8 Å². The molecule has 0 bridgehead atoms. The van der Waals surface area contributed by atoms with Gasteiger partial charge in [-0.15, -0.1) is 0 Å². The van der Waals surface area contributed by atoms with Crippen molar-refractivity contribution in [2.45, 2.75) is 27.3 Å². The number of fused-ring (bicyclic) bond motifs is 1. The Balaban J connectivity index is 1.66. The Hall–Kier alpha value is -3.08. The second-order valence-corrected chi connectivity index (χ2v) is 6.69. The number of aromatic nitrogens is 1. The number of anilines is 1. The van der Waals surface area contributed by atoms with Gasteiger partial charge >= 0.3 is 0 Å². The summed E-state index contributed by atoms with van der Waals surface area (Å²) in [5.41, 5.74) is 4.22. The van der Waals surface area contributed by atoms with E-state index in [1.54, 1.807) is 0 Å². The molecule has 1 heterocycles. The van der Waals surface area contributed by atoms with Crippen LogP contribution in [0.3, 0.4) is 0 Å². The van der Waals surface area contributed by atoms with Gasteiger partial charge in [0.05, 0.1) is 5.56 Å². The molecule has 2 amide bonds. The molecule has 0 fully saturated rings. The summed E-state index contributed by atoms with van der Waals surface area (Å²) in [6.45, 7) is 6.04. The van der Waals surface area contributed by atoms with Gasteiger partial charge in [-0.25, -0.2) is 0 Å². The van der Waals surface area contributed by atoms with Gasteiger partial charge in [-0.05, 0) is 30.7 Å². The zero-order chi connectivity index (χ0) is 18.7. The Morgan fingerprint density at radius 2 is 1.73 bits per heavy atom. The molecule has 3 N–H and O–H groups in total. The first kappa shape index (κ1) is 17.7. The minimum atomic E-state index is -0.0999. The van der Waals surface area contributed by atoms with Gasteiger partial charge in [0.1, 0.15) is 0 Å². The third kappa shape index (κ3) is 3.77. The Bertz CT molecular complexity index is 940. The van der Waals surface area contributed by atoms with Crippen LogP contribution in [0.4, 0.5) is 5.69 Å². The summed E-state index contributed by atoms with van der Waals surface area (Å²) in [6.07, 6.45) is 0. The van der Waals surface area contributed by atoms with E-state index >= 15 is 0 Å². The number of nitrogens with one attached hydrogen (secondary N) is 3. The van der Waals surface area contributed by atoms with Crippen molar-refractivity contribution in [3.63, 3.8) is 0 Å². The summed E-state index contributed by atoms with van der Waals surface area (Å²) in [6, 6.07) is 15.3. The molecule has 0 aliphatic rings. The number of aryl methyl sites for hydroxylation is 1. The third-order valence-corrected chi connectivity index (χ3v) is 4.32. The van der Waals surface area contributed by atoms with Crippen molar-refractivity contribution in [1.29, 1.82) is 0 Å². The van der Waals surface area contributed by atoms with Crippen molar-refractivity contribution in [1.82, 2.24) is 10.3 Å². The molecule has 5 nitrogen and oxygen atoms in total. The highest BCUT2D eigenvalue weighted by molar-refractivity contribution is 6.08. The van der Waals surface area contributed by atoms with Crippen LogP contribution in [0.15, 0.2) is 48.5 Å². The molecule has 0 radical (unpaired) electrons. The van der Waals surface area contributed by atoms with Crippen LogP contribution in [0.2, 0.25) is 0 Å². The lowest BCUT2D eigenvalue weighted by atomic mass is 10.1. The van der Waals surface area contributed by atoms with Gasteiger partial charge in [0.25, 0.3) is 5.91 Å². The molecular formula is C21H23N3O2. The maximum atomic E-state index is 12.6. The van der Waals surface area contributed by atoms with Crippen molar-refractivity contribution in [3.05, 3.63) is 65.4 Å². The van der Waals surface area contributed by atoms with E-state index in [0.29, 0.717) is 12.1 Å². The lowest BCUT2D eigenvalue weighted by Gasteiger charge is -2.09. The fourth-order valence-corrected chi connectivity index (χ4v) is 2.83. The highest BCUT2D eigenvalue weighted by atomic mass is 16.2. The van der Waals surface area contributed by atoms with Crippen LogP contribution in [-0.4, -0.2) is 16.8 Å². The molecule has 3 aromatic rings. The normalized spacial score (nSPS) is 10.9. The molecule has 26 heavy (non-hydrogen) atoms. The molecule has 2 aromatic carbocycles. The van der Waals surface area contributed by atoms with E-state index in [2.05, 4.69) is 15.6 Å². The van der Waals surface area contributed by atoms with Gasteiger partial charge in [0.2, 0.25) is 5.91 Å². The van der Waals surface area contributed by atoms with E-state index < -0.39 is 0 Å². The molecule has 0 aliphatic carbocycles. The number of carbonyl (C=O) groups is 2. The monoisotopic (exact) mass is 349 g/mol. The quantitative estimate of drug-likeness (QED) is 0.651. The number of para-hydroxylation sites is 1. The summed E-state index contributed by atoms with van der Waals surface area (Å²) in [7, 11) is 0. The fourth-order valence-electron chi connectivity index (χ4n) is 2.83. The van der Waals surface area contributed by atoms with Crippen LogP contribution in [0.1, 0.15) is 35.5 Å². The second-order valence-electron chi connectivity index (χ2n) is 6.69. The van der Waals surface area contributed by atoms with E-state index in [-0.39, 0.29) is 17.7 Å². The fraction of sp³-hybridized carbons (Fsp3) is 0.238. The number of aromatic amines is 1. The maximum absolute atomic E-state index is 12.6. The molecule has 3 rings (SSSR count). The molecule has 0 aliphatic heterocycles. The van der Waals surface area contributed by atoms with Gasteiger partial charge in [-0.1, -0.05) is 44.2 Å². The average Bonchev–Trinajstić information content (AvgIpc) is 2.96. The van der Waals surface area contributed by atoms with Crippen molar-refractivity contribution in [2.75, 3.05) is 5.32 Å². The van der Waals surface area contributed by atoms with Crippen LogP contribution in [0.5, 0.6) is 0 Å². The molecule has 134 valence electrons. The van der Waals surface area contributed by atoms with Crippen molar-refractivity contribution in [3.8, 4) is 0 Å². The molecule has 5 heteroatoms. The predicted molar refractivity (Wildman–Crippen MR) is 104 cm³/mol. The molecule has 1 aromatic heterocycles. The van der Waals surface area contributed by atoms with Gasteiger partial charge in [0.15, 0.2) is 0 Å². The van der Waals surface area contributed by atoms with E-state index in [9.17, 15) is 9.59 Å². The molecule has 0 atom stereocenters. The van der Waals surface area contributed by atoms with Crippen molar-refractivity contribution < 1.29 is 9.59 Å². The van der Waals surface area contributed by atoms with Gasteiger partial charge in [-0.3, -0.25) is 9.59 Å². The Kier molecular flexibility index (Phi) is 5.07. The first-order valence-corrected chi connectivity index (χ1v) is 8.71. The zero-order valence-electron chi connectivity index (χ0n) is 15.2. The number of rotatable bonds is 5. The summed E-state index contributed by atoms with van der Waals surface area (Å²) in [5.74, 6) is -0.175. The third-order valence-electron chi connectivity index (χ3n) is 4.32. The summed E-state index contributed by atoms with van der Waals surface area (Å²) in [4.78, 5) is 27.6. The van der Waals surface area contributed by atoms with Gasteiger partial charge in [-0.2, -0.15) is 0 Å². The van der Waals surface area contributed by atoms with Crippen molar-refractivity contribution >= 4 is 28.4 Å². The minimum absolute atomic E-state index is 0.0131. The summed E-state index contributed by atoms with van der Waals surface area (Å²) in [5, 5.41) is 6.74. The number of benzene rings is 2. The first-order chi connectivity index (χ1) is 12.5. The van der Waals surface area contributed by atoms with Crippen LogP contribution in [0, 0.1) is 12.8 Å². The Labute approximate surface area is 152 Å². The molecule has 0 unspecified atom stereocenters. The summed E-state index contributed by atoms with van der Waals surface area (Å²) >= 11 is 0. The molecule has 0 spiro atoms. The molecule has 0 saturated heterocycles. The Morgan fingerprint density at radius 3 is 2.42 bits per heavy atom. The van der Waals surface area contributed by atoms with Crippen LogP contribution in [0.25, 0.3) is 10.9 Å². The predicted octanol–water partition coefficient (Wildman–Crippen LogP) is 4.00. The molecular weight excluding hydrogens is 326 g/mol. The van der Waals surface area contributed by atoms with E-state index in [1.165, 1.54) is 0 Å². The summed E-state index contributed by atoms with van der Waals surface area (Å²) < 4.78 is 0. The lowest BCUT2D eigenvalue weighted by molar-refractivity contribution is -0.118. The average molecular weight is 349 g/mol. The Morgan fingerprint density at radius 1 is 1.04 bits per heavy atom. The zero-order valence-corrected chi connectivity index (χ0v) is 15.2. The van der Waals surface area contributed by atoms with Crippen LogP contribution in [-0.2, 0) is 11.3 Å². The number of amides is 2. The largest absolute Gasteiger partial charge is 0.358 e. The number of H-pyrrole nitrogens is 1. The highest BCUT2D eigenvalue weighted by Crippen LogP contribution is 2.21. The number of hydrogen-bond acceptors (Lipinski definition) is 2.